The number of halogens is 1. The van der Waals surface area contributed by atoms with Crippen molar-refractivity contribution in [2.24, 2.45) is 0 Å². The summed E-state index contributed by atoms with van der Waals surface area (Å²) in [6.07, 6.45) is -3.24. The molecule has 112 valence electrons. The highest BCUT2D eigenvalue weighted by Crippen LogP contribution is 2.38. The number of anilines is 1. The molecule has 3 heterocycles. The summed E-state index contributed by atoms with van der Waals surface area (Å²) in [7, 11) is 0. The Labute approximate surface area is 116 Å². The average Bonchev–Trinajstić information content (AvgIpc) is 2.95. The van der Waals surface area contributed by atoms with E-state index >= 15 is 0 Å². The van der Waals surface area contributed by atoms with Crippen molar-refractivity contribution in [1.82, 2.24) is 19.5 Å². The molecule has 3 rings (SSSR count). The van der Waals surface area contributed by atoms with E-state index in [1.54, 1.807) is 0 Å². The van der Waals surface area contributed by atoms with Gasteiger partial charge in [0, 0.05) is 0 Å². The Morgan fingerprint density at radius 3 is 3.00 bits per heavy atom. The van der Waals surface area contributed by atoms with Gasteiger partial charge in [-0.3, -0.25) is 14.3 Å². The lowest BCUT2D eigenvalue weighted by molar-refractivity contribution is -0.202. The standard InChI is InChI=1S/C11H12FN5O4/c1-2-11(20)6(18)4(12)9(21-11)17-3-14-5-7(17)15-10(13)16-8(5)19/h2-4,6,9,18,20H,1H2,(H3,13,15,16,19)/t4-,6+,9-,11+/m1/s1. The SMILES string of the molecule is C=C[C@]1(O)O[C@@H](n2cnc3c(=O)[nH]c(N)nc32)[C@H](F)[C@@H]1O. The number of fused-ring (bicyclic) bond motifs is 1. The van der Waals surface area contributed by atoms with Gasteiger partial charge >= 0.3 is 0 Å². The molecular formula is C11H12FN5O4. The molecule has 1 aliphatic rings. The van der Waals surface area contributed by atoms with Gasteiger partial charge < -0.3 is 20.7 Å². The van der Waals surface area contributed by atoms with Crippen LogP contribution in [0.2, 0.25) is 0 Å². The Morgan fingerprint density at radius 2 is 2.38 bits per heavy atom. The van der Waals surface area contributed by atoms with E-state index in [1.807, 2.05) is 0 Å². The Kier molecular flexibility index (Phi) is 2.83. The third kappa shape index (κ3) is 1.84. The van der Waals surface area contributed by atoms with Crippen molar-refractivity contribution >= 4 is 17.1 Å². The van der Waals surface area contributed by atoms with Gasteiger partial charge in [0.05, 0.1) is 6.33 Å². The Balaban J connectivity index is 2.14. The number of nitrogen functional groups attached to an aromatic ring is 1. The minimum atomic E-state index is -2.24. The molecule has 0 aliphatic carbocycles. The number of ether oxygens (including phenoxy) is 1. The van der Waals surface area contributed by atoms with Gasteiger partial charge in [-0.15, -0.1) is 0 Å². The predicted octanol–water partition coefficient (Wildman–Crippen LogP) is -1.20. The molecule has 0 aromatic carbocycles. The van der Waals surface area contributed by atoms with E-state index in [9.17, 15) is 19.4 Å². The van der Waals surface area contributed by atoms with E-state index in [1.165, 1.54) is 0 Å². The molecular weight excluding hydrogens is 285 g/mol. The fourth-order valence-corrected chi connectivity index (χ4v) is 2.22. The minimum Gasteiger partial charge on any atom is -0.384 e. The predicted molar refractivity (Wildman–Crippen MR) is 68.7 cm³/mol. The van der Waals surface area contributed by atoms with Crippen molar-refractivity contribution in [3.8, 4) is 0 Å². The van der Waals surface area contributed by atoms with Crippen LogP contribution < -0.4 is 11.3 Å². The topological polar surface area (TPSA) is 139 Å². The molecule has 0 spiro atoms. The number of aromatic nitrogens is 4. The molecule has 0 amide bonds. The second-order valence-electron chi connectivity index (χ2n) is 4.63. The highest BCUT2D eigenvalue weighted by Gasteiger charge is 2.54. The molecule has 1 fully saturated rings. The van der Waals surface area contributed by atoms with E-state index in [2.05, 4.69) is 21.5 Å². The lowest BCUT2D eigenvalue weighted by atomic mass is 10.1. The van der Waals surface area contributed by atoms with Crippen LogP contribution in [0, 0.1) is 0 Å². The highest BCUT2D eigenvalue weighted by atomic mass is 19.1. The molecule has 21 heavy (non-hydrogen) atoms. The zero-order chi connectivity index (χ0) is 15.4. The molecule has 4 atom stereocenters. The van der Waals surface area contributed by atoms with Crippen molar-refractivity contribution in [2.45, 2.75) is 24.3 Å². The lowest BCUT2D eigenvalue weighted by Crippen LogP contribution is -2.39. The van der Waals surface area contributed by atoms with E-state index in [-0.39, 0.29) is 17.1 Å². The van der Waals surface area contributed by atoms with E-state index in [0.29, 0.717) is 0 Å². The van der Waals surface area contributed by atoms with Gasteiger partial charge in [0.2, 0.25) is 11.7 Å². The molecule has 1 saturated heterocycles. The first-order chi connectivity index (χ1) is 9.87. The third-order valence-electron chi connectivity index (χ3n) is 3.32. The van der Waals surface area contributed by atoms with Gasteiger partial charge in [-0.25, -0.2) is 9.37 Å². The number of imidazole rings is 1. The number of nitrogens with zero attached hydrogens (tertiary/aromatic N) is 3. The Bertz CT molecular complexity index is 774. The van der Waals surface area contributed by atoms with Crippen molar-refractivity contribution in [1.29, 1.82) is 0 Å². The maximum atomic E-state index is 14.2. The van der Waals surface area contributed by atoms with Crippen LogP contribution in [0.25, 0.3) is 11.2 Å². The number of hydrogen-bond donors (Lipinski definition) is 4. The first-order valence-electron chi connectivity index (χ1n) is 5.95. The molecule has 2 aromatic heterocycles. The molecule has 10 heteroatoms. The van der Waals surface area contributed by atoms with E-state index in [0.717, 1.165) is 17.0 Å². The normalized spacial score (nSPS) is 32.6. The largest absolute Gasteiger partial charge is 0.384 e. The summed E-state index contributed by atoms with van der Waals surface area (Å²) in [4.78, 5) is 21.6. The van der Waals surface area contributed by atoms with Crippen LogP contribution in [0.1, 0.15) is 6.23 Å². The van der Waals surface area contributed by atoms with Crippen LogP contribution in [0.3, 0.4) is 0 Å². The molecule has 9 nitrogen and oxygen atoms in total. The summed E-state index contributed by atoms with van der Waals surface area (Å²) in [5, 5.41) is 19.6. The van der Waals surface area contributed by atoms with Crippen LogP contribution in [-0.4, -0.2) is 47.8 Å². The van der Waals surface area contributed by atoms with Crippen LogP contribution >= 0.6 is 0 Å². The summed E-state index contributed by atoms with van der Waals surface area (Å²) in [5.74, 6) is -2.42. The molecule has 1 aliphatic heterocycles. The smallest absolute Gasteiger partial charge is 0.280 e. The van der Waals surface area contributed by atoms with Gasteiger partial charge in [-0.2, -0.15) is 4.98 Å². The average molecular weight is 297 g/mol. The number of alkyl halides is 1. The monoisotopic (exact) mass is 297 g/mol. The molecule has 2 aromatic rings. The summed E-state index contributed by atoms with van der Waals surface area (Å²) >= 11 is 0. The first kappa shape index (κ1) is 13.7. The maximum absolute atomic E-state index is 14.2. The minimum absolute atomic E-state index is 0.0237. The Hall–Kier alpha value is -2.30. The van der Waals surface area contributed by atoms with Crippen LogP contribution in [-0.2, 0) is 4.74 Å². The van der Waals surface area contributed by atoms with E-state index < -0.39 is 29.8 Å². The van der Waals surface area contributed by atoms with Gasteiger partial charge in [-0.05, 0) is 6.08 Å². The maximum Gasteiger partial charge on any atom is 0.280 e. The first-order valence-corrected chi connectivity index (χ1v) is 5.95. The third-order valence-corrected chi connectivity index (χ3v) is 3.32. The number of aliphatic hydroxyl groups excluding tert-OH is 1. The summed E-state index contributed by atoms with van der Waals surface area (Å²) in [5.41, 5.74) is 4.75. The van der Waals surface area contributed by atoms with Crippen LogP contribution in [0.4, 0.5) is 10.3 Å². The number of nitrogens with one attached hydrogen (secondary N) is 1. The quantitative estimate of drug-likeness (QED) is 0.511. The molecule has 0 unspecified atom stereocenters. The zero-order valence-corrected chi connectivity index (χ0v) is 10.6. The van der Waals surface area contributed by atoms with Crippen LogP contribution in [0.15, 0.2) is 23.8 Å². The summed E-state index contributed by atoms with van der Waals surface area (Å²) in [6.45, 7) is 3.29. The second-order valence-corrected chi connectivity index (χ2v) is 4.63. The zero-order valence-electron chi connectivity index (χ0n) is 10.6. The molecule has 0 radical (unpaired) electrons. The van der Waals surface area contributed by atoms with Crippen molar-refractivity contribution in [3.05, 3.63) is 29.3 Å². The summed E-state index contributed by atoms with van der Waals surface area (Å²) in [6, 6.07) is 0. The second kappa shape index (κ2) is 4.35. The van der Waals surface area contributed by atoms with Crippen molar-refractivity contribution in [3.63, 3.8) is 0 Å². The summed E-state index contributed by atoms with van der Waals surface area (Å²) < 4.78 is 20.4. The van der Waals surface area contributed by atoms with Gasteiger partial charge in [-0.1, -0.05) is 6.58 Å². The number of rotatable bonds is 2. The van der Waals surface area contributed by atoms with Crippen molar-refractivity contribution in [2.75, 3.05) is 5.73 Å². The highest BCUT2D eigenvalue weighted by molar-refractivity contribution is 5.70. The number of nitrogens with two attached hydrogens (primary N) is 1. The fourth-order valence-electron chi connectivity index (χ4n) is 2.22. The van der Waals surface area contributed by atoms with Gasteiger partial charge in [0.1, 0.15) is 6.10 Å². The number of aliphatic hydroxyl groups is 2. The lowest BCUT2D eigenvalue weighted by Gasteiger charge is -2.20. The number of aromatic amines is 1. The Morgan fingerprint density at radius 1 is 1.67 bits per heavy atom. The molecule has 0 saturated carbocycles. The van der Waals surface area contributed by atoms with E-state index in [4.69, 9.17) is 10.5 Å². The number of hydrogen-bond acceptors (Lipinski definition) is 7. The van der Waals surface area contributed by atoms with Crippen LogP contribution in [0.5, 0.6) is 0 Å². The fraction of sp³-hybridized carbons (Fsp3) is 0.364. The molecule has 5 N–H and O–H groups in total. The van der Waals surface area contributed by atoms with Crippen molar-refractivity contribution < 1.29 is 19.3 Å². The number of H-pyrrole nitrogens is 1. The molecule has 0 bridgehead atoms. The van der Waals surface area contributed by atoms with Gasteiger partial charge in [0.15, 0.2) is 23.6 Å². The van der Waals surface area contributed by atoms with Gasteiger partial charge in [0.25, 0.3) is 5.56 Å².